The molecular formula is C55H58Cl4Zr-2. The Labute approximate surface area is 398 Å². The van der Waals surface area contributed by atoms with E-state index in [0.717, 1.165) is 27.2 Å². The Morgan fingerprint density at radius 1 is 0.517 bits per heavy atom. The van der Waals surface area contributed by atoms with Crippen LogP contribution in [0.4, 0.5) is 0 Å². The molecule has 0 aromatic heterocycles. The smallest absolute Gasteiger partial charge is 0.172 e. The topological polar surface area (TPSA) is 0 Å². The third-order valence-electron chi connectivity index (χ3n) is 11.1. The third-order valence-corrected chi connectivity index (χ3v) is 13.1. The van der Waals surface area contributed by atoms with Gasteiger partial charge in [0.05, 0.1) is 0 Å². The molecule has 1 aliphatic rings. The van der Waals surface area contributed by atoms with E-state index in [-0.39, 0.29) is 46.5 Å². The quantitative estimate of drug-likeness (QED) is 0.152. The summed E-state index contributed by atoms with van der Waals surface area (Å²) in [6, 6.07) is 46.2. The van der Waals surface area contributed by atoms with E-state index in [0.29, 0.717) is 0 Å². The average molecular weight is 952 g/mol. The molecule has 0 heterocycles. The number of fused-ring (bicyclic) bond motifs is 5. The fourth-order valence-electron chi connectivity index (χ4n) is 8.05. The van der Waals surface area contributed by atoms with Crippen LogP contribution >= 0.6 is 23.2 Å². The van der Waals surface area contributed by atoms with Crippen molar-refractivity contribution in [2.24, 2.45) is 0 Å². The summed E-state index contributed by atoms with van der Waals surface area (Å²) in [6.45, 7) is 28.0. The van der Waals surface area contributed by atoms with Gasteiger partial charge >= 0.3 is 166 Å². The third kappa shape index (κ3) is 10.8. The molecule has 0 N–H and O–H groups in total. The van der Waals surface area contributed by atoms with Gasteiger partial charge < -0.3 is 24.8 Å². The van der Waals surface area contributed by atoms with Crippen molar-refractivity contribution in [2.75, 3.05) is 0 Å². The summed E-state index contributed by atoms with van der Waals surface area (Å²) in [6.07, 6.45) is 1.01. The summed E-state index contributed by atoms with van der Waals surface area (Å²) >= 11 is 14.1. The van der Waals surface area contributed by atoms with Gasteiger partial charge in [-0.05, 0) is 39.4 Å². The summed E-state index contributed by atoms with van der Waals surface area (Å²) in [5.74, 6) is 0. The maximum atomic E-state index is 6.38. The molecule has 312 valence electrons. The minimum Gasteiger partial charge on any atom is -1.00 e. The van der Waals surface area contributed by atoms with Gasteiger partial charge in [0.1, 0.15) is 0 Å². The van der Waals surface area contributed by atoms with Crippen molar-refractivity contribution in [2.45, 2.75) is 111 Å². The first-order valence-electron chi connectivity index (χ1n) is 20.5. The molecule has 0 unspecified atom stereocenters. The van der Waals surface area contributed by atoms with Crippen molar-refractivity contribution < 1.29 is 49.0 Å². The molecule has 7 aromatic rings. The number of rotatable bonds is 2. The van der Waals surface area contributed by atoms with Gasteiger partial charge in [0.2, 0.25) is 0 Å². The van der Waals surface area contributed by atoms with Crippen molar-refractivity contribution in [1.29, 1.82) is 0 Å². The second-order valence-electron chi connectivity index (χ2n) is 19.8. The fraction of sp³-hybridized carbons (Fsp3) is 0.309. The van der Waals surface area contributed by atoms with Crippen LogP contribution in [0.15, 0.2) is 121 Å². The zero-order valence-corrected chi connectivity index (χ0v) is 42.7. The maximum absolute atomic E-state index is 6.38. The van der Waals surface area contributed by atoms with Crippen LogP contribution in [0, 0.1) is 6.07 Å². The summed E-state index contributed by atoms with van der Waals surface area (Å²) in [5, 5.41) is 6.15. The van der Waals surface area contributed by atoms with Crippen LogP contribution in [0.5, 0.6) is 0 Å². The summed E-state index contributed by atoms with van der Waals surface area (Å²) in [4.78, 5) is 0. The monoisotopic (exact) mass is 948 g/mol. The SMILES string of the molecule is CC(C)(C)c1[c-]c2c(cc1C(C)(C)C)-c1cc(C(C)(C)C)c(C(C)(C)C)cc1C2.Clc1ccc([C](=[Zr+2])c2ccc(Cl)c3ccccc23)c2ccccc12.[Cl-].[Cl-].c1cc[cH-]c1. The standard InChI is InChI=1S/C29H41.C21H12Cl2.C5H5.2ClH.Zr/c1-26(2,3)22-14-18-13-19-15-23(27(4,5)6)25(29(10,11)12)17-21(19)20(18)16-24(22)28(7,8)9;22-20-11-9-14(16-5-1-3-7-18(16)20)13-15-10-12-21(23)19-8-4-2-6-17(15)19;1-2-4-5-3-1;;;/h14,16-17H,13H2,1-12H3;1-12H;1-5H;2*1H;/q-1;;-1;;;+2/p-2. The van der Waals surface area contributed by atoms with Crippen LogP contribution in [0.3, 0.4) is 0 Å². The Morgan fingerprint density at radius 3 is 1.33 bits per heavy atom. The van der Waals surface area contributed by atoms with Crippen molar-refractivity contribution in [3.63, 3.8) is 0 Å². The van der Waals surface area contributed by atoms with Crippen molar-refractivity contribution in [3.05, 3.63) is 182 Å². The Morgan fingerprint density at radius 2 is 0.933 bits per heavy atom. The van der Waals surface area contributed by atoms with E-state index in [9.17, 15) is 0 Å². The molecule has 0 saturated heterocycles. The van der Waals surface area contributed by atoms with Crippen LogP contribution in [-0.4, -0.2) is 3.21 Å². The van der Waals surface area contributed by atoms with Gasteiger partial charge in [0, 0.05) is 0 Å². The molecule has 0 amide bonds. The minimum absolute atomic E-state index is 0. The van der Waals surface area contributed by atoms with Crippen LogP contribution < -0.4 is 24.8 Å². The Bertz CT molecular complexity index is 2420. The van der Waals surface area contributed by atoms with Crippen molar-refractivity contribution >= 4 is 48.0 Å². The molecular weight excluding hydrogens is 894 g/mol. The van der Waals surface area contributed by atoms with Crippen LogP contribution in [0.1, 0.15) is 128 Å². The Hall–Kier alpha value is -2.90. The van der Waals surface area contributed by atoms with Gasteiger partial charge in [0.15, 0.2) is 0 Å². The van der Waals surface area contributed by atoms with E-state index >= 15 is 0 Å². The molecule has 7 aromatic carbocycles. The Balaban J connectivity index is 0.000000232. The molecule has 1 aliphatic carbocycles. The fourth-order valence-corrected chi connectivity index (χ4v) is 9.58. The molecule has 0 fully saturated rings. The second-order valence-corrected chi connectivity index (χ2v) is 21.8. The predicted octanol–water partition coefficient (Wildman–Crippen LogP) is 10.1. The molecule has 0 spiro atoms. The van der Waals surface area contributed by atoms with Gasteiger partial charge in [-0.25, -0.2) is 12.1 Å². The van der Waals surface area contributed by atoms with Crippen molar-refractivity contribution in [1.82, 2.24) is 0 Å². The summed E-state index contributed by atoms with van der Waals surface area (Å²) in [7, 11) is 0. The molecule has 0 atom stereocenters. The average Bonchev–Trinajstić information content (AvgIpc) is 3.85. The van der Waals surface area contributed by atoms with Gasteiger partial charge in [0.25, 0.3) is 0 Å². The van der Waals surface area contributed by atoms with E-state index in [4.69, 9.17) is 23.2 Å². The normalized spacial score (nSPS) is 12.3. The van der Waals surface area contributed by atoms with E-state index in [1.165, 1.54) is 93.8 Å². The van der Waals surface area contributed by atoms with E-state index in [1.807, 2.05) is 54.6 Å². The largest absolute Gasteiger partial charge is 1.00 e. The Kier molecular flexibility index (Phi) is 16.0. The predicted molar refractivity (Wildman–Crippen MR) is 251 cm³/mol. The van der Waals surface area contributed by atoms with Crippen LogP contribution in [0.25, 0.3) is 32.7 Å². The van der Waals surface area contributed by atoms with Crippen LogP contribution in [-0.2, 0) is 52.3 Å². The molecule has 0 aliphatic heterocycles. The first-order chi connectivity index (χ1) is 27.1. The van der Waals surface area contributed by atoms with Crippen molar-refractivity contribution in [3.8, 4) is 11.1 Å². The maximum Gasteiger partial charge on any atom is -0.172 e. The summed E-state index contributed by atoms with van der Waals surface area (Å²) < 4.78 is 1.31. The first kappa shape index (κ1) is 49.8. The number of benzene rings is 6. The van der Waals surface area contributed by atoms with Gasteiger partial charge in [-0.2, -0.15) is 35.9 Å². The number of hydrogen-bond acceptors (Lipinski definition) is 0. The summed E-state index contributed by atoms with van der Waals surface area (Å²) in [5.41, 5.74) is 14.4. The van der Waals surface area contributed by atoms with E-state index in [2.05, 4.69) is 156 Å². The van der Waals surface area contributed by atoms with Gasteiger partial charge in [-0.1, -0.05) is 106 Å². The zero-order valence-electron chi connectivity index (χ0n) is 37.3. The number of halogens is 4. The number of hydrogen-bond donors (Lipinski definition) is 0. The second kappa shape index (κ2) is 19.2. The van der Waals surface area contributed by atoms with E-state index in [1.54, 1.807) is 0 Å². The zero-order chi connectivity index (χ0) is 42.4. The minimum atomic E-state index is 0. The molecule has 0 bridgehead atoms. The molecule has 0 saturated carbocycles. The molecule has 5 heteroatoms. The van der Waals surface area contributed by atoms with Crippen LogP contribution in [0.2, 0.25) is 10.0 Å². The first-order valence-corrected chi connectivity index (χ1v) is 22.4. The molecule has 8 rings (SSSR count). The van der Waals surface area contributed by atoms with E-state index < -0.39 is 0 Å². The molecule has 0 radical (unpaired) electrons. The van der Waals surface area contributed by atoms with Gasteiger partial charge in [-0.3, -0.25) is 0 Å². The molecule has 60 heavy (non-hydrogen) atoms. The van der Waals surface area contributed by atoms with Gasteiger partial charge in [-0.15, -0.1) is 16.7 Å². The molecule has 0 nitrogen and oxygen atoms in total.